The van der Waals surface area contributed by atoms with E-state index in [-0.39, 0.29) is 11.8 Å². The number of nitrogens with zero attached hydrogens (tertiary/aromatic N) is 4. The molecule has 9 heteroatoms. The van der Waals surface area contributed by atoms with Gasteiger partial charge in [0.25, 0.3) is 0 Å². The Bertz CT molecular complexity index is 1630. The third kappa shape index (κ3) is 4.44. The summed E-state index contributed by atoms with van der Waals surface area (Å²) in [5.41, 5.74) is 10.2. The number of fused-ring (bicyclic) bond motifs is 2. The van der Waals surface area contributed by atoms with Crippen molar-refractivity contribution < 1.29 is 9.90 Å². The molecule has 37 heavy (non-hydrogen) atoms. The molecule has 1 aliphatic rings. The molecule has 1 fully saturated rings. The molecule has 0 aliphatic heterocycles. The van der Waals surface area contributed by atoms with Crippen LogP contribution in [0.2, 0.25) is 5.02 Å². The van der Waals surface area contributed by atoms with Crippen LogP contribution < -0.4 is 11.1 Å². The second-order valence-corrected chi connectivity index (χ2v) is 9.89. The fourth-order valence-electron chi connectivity index (χ4n) is 5.15. The van der Waals surface area contributed by atoms with Gasteiger partial charge in [-0.1, -0.05) is 29.8 Å². The number of hydrogen-bond acceptors (Lipinski definition) is 6. The Morgan fingerprint density at radius 2 is 1.84 bits per heavy atom. The summed E-state index contributed by atoms with van der Waals surface area (Å²) in [6, 6.07) is 17.6. The van der Waals surface area contributed by atoms with Gasteiger partial charge in [0, 0.05) is 28.8 Å². The smallest absolute Gasteiger partial charge is 0.306 e. The fourth-order valence-corrected chi connectivity index (χ4v) is 5.42. The number of carboxylic acids is 1. The van der Waals surface area contributed by atoms with E-state index in [0.29, 0.717) is 29.4 Å². The number of para-hydroxylation sites is 1. The Kier molecular flexibility index (Phi) is 5.88. The van der Waals surface area contributed by atoms with Gasteiger partial charge in [0.2, 0.25) is 0 Å². The second-order valence-electron chi connectivity index (χ2n) is 9.48. The van der Waals surface area contributed by atoms with Crippen molar-refractivity contribution in [3.05, 3.63) is 77.8 Å². The summed E-state index contributed by atoms with van der Waals surface area (Å²) in [4.78, 5) is 25.5. The van der Waals surface area contributed by atoms with Gasteiger partial charge in [0.05, 0.1) is 28.3 Å². The lowest BCUT2D eigenvalue weighted by Crippen LogP contribution is -2.21. The molecule has 2 aromatic carbocycles. The number of nitrogens with two attached hydrogens (primary N) is 1. The van der Waals surface area contributed by atoms with Crippen LogP contribution >= 0.6 is 11.6 Å². The highest BCUT2D eigenvalue weighted by atomic mass is 35.5. The molecule has 6 rings (SSSR count). The Balaban J connectivity index is 1.37. The van der Waals surface area contributed by atoms with Crippen molar-refractivity contribution in [3.8, 4) is 11.3 Å². The number of halogens is 1. The summed E-state index contributed by atoms with van der Waals surface area (Å²) < 4.78 is 1.98. The van der Waals surface area contributed by atoms with E-state index in [0.717, 1.165) is 52.2 Å². The zero-order valence-electron chi connectivity index (χ0n) is 19.9. The van der Waals surface area contributed by atoms with Gasteiger partial charge in [-0.25, -0.2) is 15.0 Å². The zero-order valence-corrected chi connectivity index (χ0v) is 20.7. The molecule has 1 aliphatic carbocycles. The van der Waals surface area contributed by atoms with Gasteiger partial charge >= 0.3 is 5.97 Å². The molecule has 0 radical (unpaired) electrons. The predicted molar refractivity (Wildman–Crippen MR) is 145 cm³/mol. The van der Waals surface area contributed by atoms with Crippen LogP contribution in [0.3, 0.4) is 0 Å². The number of nitrogens with one attached hydrogen (secondary N) is 1. The van der Waals surface area contributed by atoms with Crippen molar-refractivity contribution in [3.63, 3.8) is 0 Å². The van der Waals surface area contributed by atoms with E-state index >= 15 is 0 Å². The second kappa shape index (κ2) is 9.37. The summed E-state index contributed by atoms with van der Waals surface area (Å²) in [5, 5.41) is 14.1. The average molecular weight is 513 g/mol. The number of imidazole rings is 1. The standard InChI is InChI=1S/C28H25ClN6O2/c29-21-12-18-10-11-25(32-19-4-2-1-3-5-19)33-22(18)13-20(21)23-15-35-24(26(30)34-23)14-31-27(35)16-6-8-17(9-7-16)28(36)37/h1-5,10-17H,6-9H2,(H2,30,34)(H,32,33)(H,36,37). The number of hydrogen-bond donors (Lipinski definition) is 3. The molecule has 186 valence electrons. The quantitative estimate of drug-likeness (QED) is 0.253. The van der Waals surface area contributed by atoms with Crippen LogP contribution in [0.5, 0.6) is 0 Å². The van der Waals surface area contributed by atoms with Gasteiger partial charge in [-0.2, -0.15) is 0 Å². The summed E-state index contributed by atoms with van der Waals surface area (Å²) in [7, 11) is 0. The molecule has 0 atom stereocenters. The lowest BCUT2D eigenvalue weighted by atomic mass is 9.81. The predicted octanol–water partition coefficient (Wildman–Crippen LogP) is 6.28. The summed E-state index contributed by atoms with van der Waals surface area (Å²) >= 11 is 6.71. The topological polar surface area (TPSA) is 118 Å². The van der Waals surface area contributed by atoms with Crippen LogP contribution in [0, 0.1) is 5.92 Å². The molecule has 0 bridgehead atoms. The highest BCUT2D eigenvalue weighted by Gasteiger charge is 2.29. The number of rotatable bonds is 5. The molecule has 8 nitrogen and oxygen atoms in total. The van der Waals surface area contributed by atoms with E-state index in [1.165, 1.54) is 0 Å². The van der Waals surface area contributed by atoms with Crippen LogP contribution in [0.25, 0.3) is 27.7 Å². The molecule has 3 aromatic heterocycles. The van der Waals surface area contributed by atoms with Gasteiger partial charge in [0.1, 0.15) is 23.0 Å². The molecule has 0 amide bonds. The monoisotopic (exact) mass is 512 g/mol. The SMILES string of the molecule is Nc1nc(-c2cc3nc(Nc4ccccc4)ccc3cc2Cl)cn2c(C3CCC(C(=O)O)CC3)ncc12. The van der Waals surface area contributed by atoms with Gasteiger partial charge in [0.15, 0.2) is 0 Å². The Morgan fingerprint density at radius 3 is 2.59 bits per heavy atom. The number of pyridine rings is 1. The van der Waals surface area contributed by atoms with E-state index in [2.05, 4.69) is 15.3 Å². The average Bonchev–Trinajstić information content (AvgIpc) is 3.34. The highest BCUT2D eigenvalue weighted by Crippen LogP contribution is 2.37. The molecule has 0 spiro atoms. The van der Waals surface area contributed by atoms with Crippen molar-refractivity contribution in [1.29, 1.82) is 0 Å². The highest BCUT2D eigenvalue weighted by molar-refractivity contribution is 6.34. The summed E-state index contributed by atoms with van der Waals surface area (Å²) in [6.07, 6.45) is 6.47. The molecule has 4 N–H and O–H groups in total. The van der Waals surface area contributed by atoms with Crippen molar-refractivity contribution in [2.75, 3.05) is 11.1 Å². The normalized spacial score (nSPS) is 17.8. The minimum Gasteiger partial charge on any atom is -0.481 e. The largest absolute Gasteiger partial charge is 0.481 e. The Labute approximate surface area is 218 Å². The summed E-state index contributed by atoms with van der Waals surface area (Å²) in [6.45, 7) is 0. The number of anilines is 3. The van der Waals surface area contributed by atoms with Crippen molar-refractivity contribution in [2.24, 2.45) is 5.92 Å². The molecule has 5 aromatic rings. The third-order valence-electron chi connectivity index (χ3n) is 7.12. The maximum Gasteiger partial charge on any atom is 0.306 e. The number of carbonyl (C=O) groups is 1. The third-order valence-corrected chi connectivity index (χ3v) is 7.43. The minimum atomic E-state index is -0.719. The Morgan fingerprint density at radius 1 is 1.05 bits per heavy atom. The zero-order chi connectivity index (χ0) is 25.5. The number of aromatic nitrogens is 4. The molecular formula is C28H25ClN6O2. The number of aliphatic carboxylic acids is 1. The number of nitrogen functional groups attached to an aromatic ring is 1. The molecule has 0 unspecified atom stereocenters. The Hall–Kier alpha value is -4.17. The van der Waals surface area contributed by atoms with Crippen molar-refractivity contribution in [2.45, 2.75) is 31.6 Å². The van der Waals surface area contributed by atoms with E-state index < -0.39 is 5.97 Å². The first kappa shape index (κ1) is 23.2. The number of carboxylic acid groups (broad SMARTS) is 1. The minimum absolute atomic E-state index is 0.160. The van der Waals surface area contributed by atoms with Crippen molar-refractivity contribution >= 4 is 51.3 Å². The maximum atomic E-state index is 11.4. The fraction of sp³-hybridized carbons (Fsp3) is 0.214. The van der Waals surface area contributed by atoms with Crippen LogP contribution in [0.15, 0.2) is 67.0 Å². The van der Waals surface area contributed by atoms with Gasteiger partial charge in [-0.05, 0) is 62.1 Å². The van der Waals surface area contributed by atoms with E-state index in [9.17, 15) is 9.90 Å². The van der Waals surface area contributed by atoms with Crippen LogP contribution in [-0.4, -0.2) is 30.4 Å². The first-order valence-electron chi connectivity index (χ1n) is 12.3. The number of benzene rings is 2. The molecular weight excluding hydrogens is 488 g/mol. The van der Waals surface area contributed by atoms with Crippen LogP contribution in [0.1, 0.15) is 37.4 Å². The molecule has 1 saturated carbocycles. The van der Waals surface area contributed by atoms with Crippen molar-refractivity contribution in [1.82, 2.24) is 19.4 Å². The lowest BCUT2D eigenvalue weighted by molar-refractivity contribution is -0.142. The van der Waals surface area contributed by atoms with Crippen LogP contribution in [0.4, 0.5) is 17.3 Å². The van der Waals surface area contributed by atoms with Gasteiger partial charge in [-0.15, -0.1) is 0 Å². The van der Waals surface area contributed by atoms with Gasteiger partial charge in [-0.3, -0.25) is 9.20 Å². The maximum absolute atomic E-state index is 11.4. The van der Waals surface area contributed by atoms with Gasteiger partial charge < -0.3 is 16.2 Å². The first-order valence-corrected chi connectivity index (χ1v) is 12.6. The lowest BCUT2D eigenvalue weighted by Gasteiger charge is -2.25. The van der Waals surface area contributed by atoms with E-state index in [4.69, 9.17) is 22.3 Å². The molecule has 3 heterocycles. The molecule has 0 saturated heterocycles. The van der Waals surface area contributed by atoms with Crippen LogP contribution in [-0.2, 0) is 4.79 Å². The van der Waals surface area contributed by atoms with E-state index in [1.54, 1.807) is 6.20 Å². The van der Waals surface area contributed by atoms with E-state index in [1.807, 2.05) is 65.2 Å². The first-order chi connectivity index (χ1) is 18.0. The summed E-state index contributed by atoms with van der Waals surface area (Å²) in [5.74, 6) is 1.12.